The predicted octanol–water partition coefficient (Wildman–Crippen LogP) is 2.43. The molecule has 0 aromatic carbocycles. The van der Waals surface area contributed by atoms with Crippen LogP contribution < -0.4 is 5.46 Å². The average molecular weight is 277 g/mol. The van der Waals surface area contributed by atoms with Crippen molar-refractivity contribution in [1.82, 2.24) is 9.78 Å². The zero-order chi connectivity index (χ0) is 15.0. The van der Waals surface area contributed by atoms with E-state index in [1.807, 2.05) is 17.1 Å². The largest absolute Gasteiger partial charge is 0.498 e. The minimum absolute atomic E-state index is 0.300. The zero-order valence-electron chi connectivity index (χ0n) is 13.5. The van der Waals surface area contributed by atoms with Crippen LogP contribution in [0.4, 0.5) is 0 Å². The highest BCUT2D eigenvalue weighted by Crippen LogP contribution is 2.36. The van der Waals surface area contributed by atoms with Gasteiger partial charge in [-0.05, 0) is 46.5 Å². The van der Waals surface area contributed by atoms with Gasteiger partial charge in [0, 0.05) is 24.4 Å². The van der Waals surface area contributed by atoms with Gasteiger partial charge in [-0.15, -0.1) is 0 Å². The van der Waals surface area contributed by atoms with E-state index >= 15 is 0 Å². The smallest absolute Gasteiger partial charge is 0.399 e. The molecule has 0 aliphatic carbocycles. The lowest BCUT2D eigenvalue weighted by Crippen LogP contribution is -2.41. The summed E-state index contributed by atoms with van der Waals surface area (Å²) in [5, 5.41) is 4.39. The molecule has 0 bridgehead atoms. The van der Waals surface area contributed by atoms with Gasteiger partial charge in [0.15, 0.2) is 0 Å². The molecular formula is C15H26BN2O2. The standard InChI is InChI=1S/C15H26BN2O2/c1-12(2)8-7-9-18-11-13(10-17-18)16-19-14(3,4)15(5,6)20-16/h8,10-12H,7,9H2,1-6H3. The Morgan fingerprint density at radius 1 is 1.25 bits per heavy atom. The van der Waals surface area contributed by atoms with Crippen LogP contribution >= 0.6 is 0 Å². The Morgan fingerprint density at radius 2 is 1.85 bits per heavy atom. The fourth-order valence-electron chi connectivity index (χ4n) is 2.14. The van der Waals surface area contributed by atoms with Gasteiger partial charge < -0.3 is 9.31 Å². The van der Waals surface area contributed by atoms with Gasteiger partial charge in [-0.3, -0.25) is 4.68 Å². The van der Waals surface area contributed by atoms with Crippen LogP contribution in [0.3, 0.4) is 0 Å². The van der Waals surface area contributed by atoms with Crippen LogP contribution in [0, 0.1) is 12.3 Å². The SMILES string of the molecule is CC(C)[CH]CCn1cc(B2OC(C)(C)C(C)(C)O2)cn1. The topological polar surface area (TPSA) is 36.3 Å². The van der Waals surface area contributed by atoms with Crippen molar-refractivity contribution in [2.75, 3.05) is 0 Å². The van der Waals surface area contributed by atoms with Crippen LogP contribution in [0.1, 0.15) is 48.0 Å². The number of rotatable bonds is 5. The van der Waals surface area contributed by atoms with Crippen molar-refractivity contribution in [3.8, 4) is 0 Å². The number of hydrogen-bond donors (Lipinski definition) is 0. The van der Waals surface area contributed by atoms with Crippen molar-refractivity contribution in [3.63, 3.8) is 0 Å². The van der Waals surface area contributed by atoms with E-state index in [1.54, 1.807) is 0 Å². The summed E-state index contributed by atoms with van der Waals surface area (Å²) < 4.78 is 14.0. The third-order valence-electron chi connectivity index (χ3n) is 4.17. The second-order valence-corrected chi connectivity index (χ2v) is 6.89. The molecule has 0 N–H and O–H groups in total. The highest BCUT2D eigenvalue weighted by Gasteiger charge is 2.52. The van der Waals surface area contributed by atoms with Gasteiger partial charge in [0.2, 0.25) is 0 Å². The molecule has 0 spiro atoms. The van der Waals surface area contributed by atoms with Crippen molar-refractivity contribution in [2.24, 2.45) is 5.92 Å². The van der Waals surface area contributed by atoms with E-state index in [-0.39, 0.29) is 18.3 Å². The summed E-state index contributed by atoms with van der Waals surface area (Å²) in [5.74, 6) is 0.619. The van der Waals surface area contributed by atoms with E-state index in [1.165, 1.54) is 0 Å². The Hall–Kier alpha value is -0.805. The second kappa shape index (κ2) is 5.53. The average Bonchev–Trinajstić information content (AvgIpc) is 2.82. The molecule has 0 saturated carbocycles. The summed E-state index contributed by atoms with van der Waals surface area (Å²) in [6, 6.07) is 0. The van der Waals surface area contributed by atoms with E-state index in [4.69, 9.17) is 9.31 Å². The van der Waals surface area contributed by atoms with Gasteiger partial charge in [0.1, 0.15) is 0 Å². The summed E-state index contributed by atoms with van der Waals surface area (Å²) in [7, 11) is -0.317. The van der Waals surface area contributed by atoms with Crippen LogP contribution in [0.15, 0.2) is 12.4 Å². The molecule has 1 aliphatic rings. The van der Waals surface area contributed by atoms with Crippen molar-refractivity contribution >= 4 is 12.6 Å². The normalized spacial score (nSPS) is 20.9. The molecule has 1 aliphatic heterocycles. The Labute approximate surface area is 123 Å². The maximum absolute atomic E-state index is 6.02. The summed E-state index contributed by atoms with van der Waals surface area (Å²) in [6.45, 7) is 13.5. The summed E-state index contributed by atoms with van der Waals surface area (Å²) >= 11 is 0. The summed E-state index contributed by atoms with van der Waals surface area (Å²) in [4.78, 5) is 0. The second-order valence-electron chi connectivity index (χ2n) is 6.89. The van der Waals surface area contributed by atoms with E-state index < -0.39 is 0 Å². The molecule has 20 heavy (non-hydrogen) atoms. The van der Waals surface area contributed by atoms with Crippen molar-refractivity contribution in [3.05, 3.63) is 18.8 Å². The van der Waals surface area contributed by atoms with Crippen molar-refractivity contribution < 1.29 is 9.31 Å². The Morgan fingerprint density at radius 3 is 2.40 bits per heavy atom. The first kappa shape index (κ1) is 15.6. The molecule has 5 heteroatoms. The van der Waals surface area contributed by atoms with Gasteiger partial charge in [-0.2, -0.15) is 5.10 Å². The first-order valence-corrected chi connectivity index (χ1v) is 7.42. The molecule has 0 atom stereocenters. The molecule has 0 amide bonds. The molecular weight excluding hydrogens is 251 g/mol. The van der Waals surface area contributed by atoms with Crippen LogP contribution in [0.25, 0.3) is 0 Å². The van der Waals surface area contributed by atoms with Crippen LogP contribution in [0.2, 0.25) is 0 Å². The molecule has 2 rings (SSSR count). The first-order chi connectivity index (χ1) is 9.21. The molecule has 4 nitrogen and oxygen atoms in total. The quantitative estimate of drug-likeness (QED) is 0.775. The fraction of sp³-hybridized carbons (Fsp3) is 0.733. The highest BCUT2D eigenvalue weighted by atomic mass is 16.7. The number of aryl methyl sites for hydroxylation is 1. The molecule has 1 aromatic heterocycles. The van der Waals surface area contributed by atoms with E-state index in [0.29, 0.717) is 5.92 Å². The minimum atomic E-state index is -0.317. The van der Waals surface area contributed by atoms with Crippen molar-refractivity contribution in [1.29, 1.82) is 0 Å². The first-order valence-electron chi connectivity index (χ1n) is 7.42. The van der Waals surface area contributed by atoms with Gasteiger partial charge in [0.05, 0.1) is 11.2 Å². The molecule has 0 unspecified atom stereocenters. The Balaban J connectivity index is 1.97. The molecule has 1 fully saturated rings. The Bertz CT molecular complexity index is 438. The van der Waals surface area contributed by atoms with Gasteiger partial charge in [-0.25, -0.2) is 0 Å². The van der Waals surface area contributed by atoms with E-state index in [9.17, 15) is 0 Å². The maximum Gasteiger partial charge on any atom is 0.498 e. The monoisotopic (exact) mass is 277 g/mol. The predicted molar refractivity (Wildman–Crippen MR) is 81.7 cm³/mol. The molecule has 111 valence electrons. The third-order valence-corrected chi connectivity index (χ3v) is 4.17. The van der Waals surface area contributed by atoms with Crippen LogP contribution in [0.5, 0.6) is 0 Å². The highest BCUT2D eigenvalue weighted by molar-refractivity contribution is 6.61. The number of nitrogens with zero attached hydrogens (tertiary/aromatic N) is 2. The maximum atomic E-state index is 6.02. The lowest BCUT2D eigenvalue weighted by molar-refractivity contribution is 0.00578. The minimum Gasteiger partial charge on any atom is -0.399 e. The molecule has 2 heterocycles. The van der Waals surface area contributed by atoms with E-state index in [0.717, 1.165) is 18.4 Å². The molecule has 1 radical (unpaired) electrons. The van der Waals surface area contributed by atoms with Crippen molar-refractivity contribution in [2.45, 2.75) is 65.7 Å². The van der Waals surface area contributed by atoms with Gasteiger partial charge in [0.25, 0.3) is 0 Å². The number of hydrogen-bond acceptors (Lipinski definition) is 3. The number of aromatic nitrogens is 2. The van der Waals surface area contributed by atoms with E-state index in [2.05, 4.69) is 53.1 Å². The van der Waals surface area contributed by atoms with Gasteiger partial charge in [-0.1, -0.05) is 13.8 Å². The third kappa shape index (κ3) is 3.26. The Kier molecular flexibility index (Phi) is 4.31. The fourth-order valence-corrected chi connectivity index (χ4v) is 2.14. The summed E-state index contributed by atoms with van der Waals surface area (Å²) in [6.07, 6.45) is 7.20. The van der Waals surface area contributed by atoms with Crippen LogP contribution in [-0.2, 0) is 15.9 Å². The van der Waals surface area contributed by atoms with Crippen LogP contribution in [-0.4, -0.2) is 28.1 Å². The lowest BCUT2D eigenvalue weighted by Gasteiger charge is -2.32. The van der Waals surface area contributed by atoms with Gasteiger partial charge >= 0.3 is 7.12 Å². The zero-order valence-corrected chi connectivity index (χ0v) is 13.5. The lowest BCUT2D eigenvalue weighted by atomic mass is 9.82. The molecule has 1 saturated heterocycles. The molecule has 1 aromatic rings. The summed E-state index contributed by atoms with van der Waals surface area (Å²) in [5.41, 5.74) is 0.393.